The molecule has 0 saturated carbocycles. The first-order valence-corrected chi connectivity index (χ1v) is 7.63. The molecule has 3 nitrogen and oxygen atoms in total. The van der Waals surface area contributed by atoms with Gasteiger partial charge in [0, 0.05) is 16.6 Å². The maximum Gasteiger partial charge on any atom is 0.251 e. The molecule has 0 atom stereocenters. The zero-order chi connectivity index (χ0) is 15.2. The molecule has 0 heterocycles. The molecule has 2 aromatic rings. The third kappa shape index (κ3) is 4.16. The number of rotatable bonds is 5. The van der Waals surface area contributed by atoms with Gasteiger partial charge >= 0.3 is 0 Å². The van der Waals surface area contributed by atoms with Crippen molar-refractivity contribution in [3.05, 3.63) is 69.2 Å². The molecular weight excluding hydrogens is 330 g/mol. The predicted molar refractivity (Wildman–Crippen MR) is 87.3 cm³/mol. The molecule has 2 aromatic carbocycles. The zero-order valence-corrected chi connectivity index (χ0v) is 13.5. The molecule has 0 aliphatic carbocycles. The summed E-state index contributed by atoms with van der Waals surface area (Å²) >= 11 is 3.43. The van der Waals surface area contributed by atoms with Gasteiger partial charge in [0.2, 0.25) is 0 Å². The Kier molecular flexibility index (Phi) is 5.53. The number of hydrogen-bond acceptors (Lipinski definition) is 2. The van der Waals surface area contributed by atoms with Crippen LogP contribution in [0.5, 0.6) is 0 Å². The number of benzene rings is 2. The molecule has 0 aliphatic heterocycles. The molecule has 1 amide bonds. The summed E-state index contributed by atoms with van der Waals surface area (Å²) in [6, 6.07) is 13.4. The van der Waals surface area contributed by atoms with Gasteiger partial charge in [-0.05, 0) is 42.2 Å². The van der Waals surface area contributed by atoms with Gasteiger partial charge in [-0.25, -0.2) is 0 Å². The van der Waals surface area contributed by atoms with Crippen molar-refractivity contribution < 1.29 is 9.90 Å². The lowest BCUT2D eigenvalue weighted by atomic mass is 10.1. The van der Waals surface area contributed by atoms with Gasteiger partial charge < -0.3 is 10.4 Å². The number of carbonyl (C=O) groups excluding carboxylic acids is 1. The monoisotopic (exact) mass is 347 g/mol. The van der Waals surface area contributed by atoms with E-state index in [9.17, 15) is 4.79 Å². The highest BCUT2D eigenvalue weighted by Crippen LogP contribution is 2.19. The van der Waals surface area contributed by atoms with Crippen LogP contribution in [0.25, 0.3) is 0 Å². The average molecular weight is 348 g/mol. The van der Waals surface area contributed by atoms with Crippen LogP contribution in [0.3, 0.4) is 0 Å². The Hall–Kier alpha value is -1.65. The summed E-state index contributed by atoms with van der Waals surface area (Å²) in [6.45, 7) is 2.56. The second kappa shape index (κ2) is 7.38. The fourth-order valence-corrected chi connectivity index (χ4v) is 2.45. The van der Waals surface area contributed by atoms with Crippen molar-refractivity contribution in [2.75, 3.05) is 6.54 Å². The lowest BCUT2D eigenvalue weighted by Gasteiger charge is -2.09. The Bertz CT molecular complexity index is 623. The molecule has 21 heavy (non-hydrogen) atoms. The first kappa shape index (κ1) is 15.7. The molecule has 0 spiro atoms. The van der Waals surface area contributed by atoms with Crippen LogP contribution in [-0.2, 0) is 13.0 Å². The van der Waals surface area contributed by atoms with Gasteiger partial charge in [0.15, 0.2) is 0 Å². The van der Waals surface area contributed by atoms with E-state index in [0.29, 0.717) is 12.1 Å². The van der Waals surface area contributed by atoms with E-state index in [2.05, 4.69) is 21.2 Å². The predicted octanol–water partition coefficient (Wildman–Crippen LogP) is 3.22. The molecule has 0 fully saturated rings. The minimum absolute atomic E-state index is 0.0547. The molecule has 0 unspecified atom stereocenters. The van der Waals surface area contributed by atoms with E-state index in [-0.39, 0.29) is 12.5 Å². The Morgan fingerprint density at radius 3 is 2.48 bits per heavy atom. The maximum atomic E-state index is 12.1. The lowest BCUT2D eigenvalue weighted by molar-refractivity contribution is 0.0953. The fraction of sp³-hybridized carbons (Fsp3) is 0.235. The van der Waals surface area contributed by atoms with E-state index in [0.717, 1.165) is 27.6 Å². The Morgan fingerprint density at radius 1 is 1.14 bits per heavy atom. The van der Waals surface area contributed by atoms with Crippen molar-refractivity contribution in [2.45, 2.75) is 20.0 Å². The summed E-state index contributed by atoms with van der Waals surface area (Å²) in [6.07, 6.45) is 0.768. The third-order valence-electron chi connectivity index (χ3n) is 3.42. The number of amides is 1. The van der Waals surface area contributed by atoms with Gasteiger partial charge in [0.1, 0.15) is 0 Å². The summed E-state index contributed by atoms with van der Waals surface area (Å²) in [5.41, 5.74) is 3.67. The highest BCUT2D eigenvalue weighted by molar-refractivity contribution is 9.10. The Labute approximate surface area is 133 Å². The minimum Gasteiger partial charge on any atom is -0.392 e. The first-order chi connectivity index (χ1) is 10.1. The van der Waals surface area contributed by atoms with Gasteiger partial charge in [-0.2, -0.15) is 0 Å². The second-order valence-corrected chi connectivity index (χ2v) is 5.75. The zero-order valence-electron chi connectivity index (χ0n) is 11.9. The first-order valence-electron chi connectivity index (χ1n) is 6.84. The van der Waals surface area contributed by atoms with E-state index in [1.54, 1.807) is 0 Å². The minimum atomic E-state index is -0.0548. The summed E-state index contributed by atoms with van der Waals surface area (Å²) in [5.74, 6) is -0.0548. The lowest BCUT2D eigenvalue weighted by Crippen LogP contribution is -2.26. The average Bonchev–Trinajstić information content (AvgIpc) is 2.50. The van der Waals surface area contributed by atoms with Crippen molar-refractivity contribution >= 4 is 21.8 Å². The van der Waals surface area contributed by atoms with Gasteiger partial charge in [0.25, 0.3) is 5.91 Å². The SMILES string of the molecule is Cc1c(Br)cccc1C(=O)NCCc1ccc(CO)cc1. The van der Waals surface area contributed by atoms with E-state index in [1.165, 1.54) is 0 Å². The van der Waals surface area contributed by atoms with Crippen molar-refractivity contribution in [2.24, 2.45) is 0 Å². The highest BCUT2D eigenvalue weighted by Gasteiger charge is 2.09. The standard InChI is InChI=1S/C17H18BrNO2/c1-12-15(3-2-4-16(12)18)17(21)19-10-9-13-5-7-14(11-20)8-6-13/h2-8,20H,9-11H2,1H3,(H,19,21). The molecule has 0 saturated heterocycles. The van der Waals surface area contributed by atoms with Crippen molar-refractivity contribution in [1.29, 1.82) is 0 Å². The quantitative estimate of drug-likeness (QED) is 0.872. The molecule has 0 bridgehead atoms. The number of hydrogen-bond donors (Lipinski definition) is 2. The Balaban J connectivity index is 1.90. The fourth-order valence-electron chi connectivity index (χ4n) is 2.08. The van der Waals surface area contributed by atoms with Gasteiger partial charge in [0.05, 0.1) is 6.61 Å². The second-order valence-electron chi connectivity index (χ2n) is 4.89. The van der Waals surface area contributed by atoms with Gasteiger partial charge in [-0.1, -0.05) is 46.3 Å². The van der Waals surface area contributed by atoms with Crippen LogP contribution in [0, 0.1) is 6.92 Å². The van der Waals surface area contributed by atoms with E-state index in [1.807, 2.05) is 49.4 Å². The van der Waals surface area contributed by atoms with Crippen molar-refractivity contribution in [1.82, 2.24) is 5.32 Å². The molecular formula is C17H18BrNO2. The molecule has 2 N–H and O–H groups in total. The molecule has 110 valence electrons. The van der Waals surface area contributed by atoms with Gasteiger partial charge in [-0.15, -0.1) is 0 Å². The van der Waals surface area contributed by atoms with E-state index < -0.39 is 0 Å². The molecule has 0 radical (unpaired) electrons. The van der Waals surface area contributed by atoms with E-state index in [4.69, 9.17) is 5.11 Å². The molecule has 4 heteroatoms. The van der Waals surface area contributed by atoms with Crippen LogP contribution in [-0.4, -0.2) is 17.6 Å². The topological polar surface area (TPSA) is 49.3 Å². The van der Waals surface area contributed by atoms with Crippen molar-refractivity contribution in [3.8, 4) is 0 Å². The normalized spacial score (nSPS) is 10.4. The number of carbonyl (C=O) groups is 1. The van der Waals surface area contributed by atoms with Crippen LogP contribution >= 0.6 is 15.9 Å². The summed E-state index contributed by atoms with van der Waals surface area (Å²) < 4.78 is 0.940. The molecule has 0 aromatic heterocycles. The Morgan fingerprint density at radius 2 is 1.81 bits per heavy atom. The largest absolute Gasteiger partial charge is 0.392 e. The third-order valence-corrected chi connectivity index (χ3v) is 4.28. The number of aliphatic hydroxyl groups excluding tert-OH is 1. The molecule has 2 rings (SSSR count). The smallest absolute Gasteiger partial charge is 0.251 e. The number of aliphatic hydroxyl groups is 1. The summed E-state index contributed by atoms with van der Waals surface area (Å²) in [7, 11) is 0. The van der Waals surface area contributed by atoms with Crippen LogP contribution in [0.1, 0.15) is 27.0 Å². The van der Waals surface area contributed by atoms with Gasteiger partial charge in [-0.3, -0.25) is 4.79 Å². The van der Waals surface area contributed by atoms with Crippen LogP contribution in [0.2, 0.25) is 0 Å². The molecule has 0 aliphatic rings. The summed E-state index contributed by atoms with van der Waals surface area (Å²) in [5, 5.41) is 11.9. The van der Waals surface area contributed by atoms with Crippen LogP contribution < -0.4 is 5.32 Å². The van der Waals surface area contributed by atoms with Crippen LogP contribution in [0.15, 0.2) is 46.9 Å². The number of nitrogens with one attached hydrogen (secondary N) is 1. The van der Waals surface area contributed by atoms with E-state index >= 15 is 0 Å². The highest BCUT2D eigenvalue weighted by atomic mass is 79.9. The van der Waals surface area contributed by atoms with Crippen molar-refractivity contribution in [3.63, 3.8) is 0 Å². The summed E-state index contributed by atoms with van der Waals surface area (Å²) in [4.78, 5) is 12.1. The number of halogens is 1. The van der Waals surface area contributed by atoms with Crippen LogP contribution in [0.4, 0.5) is 0 Å². The maximum absolute atomic E-state index is 12.1.